The predicted octanol–water partition coefficient (Wildman–Crippen LogP) is 1.36. The highest BCUT2D eigenvalue weighted by molar-refractivity contribution is 7.86. The number of piperazine rings is 1. The van der Waals surface area contributed by atoms with Gasteiger partial charge in [-0.3, -0.25) is 14.2 Å². The minimum atomic E-state index is -3.47. The van der Waals surface area contributed by atoms with E-state index in [1.807, 2.05) is 19.1 Å². The number of aromatic nitrogens is 2. The lowest BCUT2D eigenvalue weighted by Gasteiger charge is -2.36. The standard InChI is InChI=1S/C22H31N5O4S/c1-18-7-6-8-19-21(18)23-17-25(22(19)29)12-9-20(28)24-13-15-27(16-14-24)32(30,31)26-10-4-2-3-5-11-26/h6-8,17H,2-5,9-16H2,1H3. The van der Waals surface area contributed by atoms with Crippen LogP contribution in [0.2, 0.25) is 0 Å². The summed E-state index contributed by atoms with van der Waals surface area (Å²) in [5.74, 6) is -0.0759. The first kappa shape index (κ1) is 22.9. The SMILES string of the molecule is Cc1cccc2c(=O)n(CCC(=O)N3CCN(S(=O)(=O)N4CCCCCC4)CC3)cnc12. The number of hydrogen-bond donors (Lipinski definition) is 0. The van der Waals surface area contributed by atoms with Gasteiger partial charge in [0.25, 0.3) is 15.8 Å². The molecular weight excluding hydrogens is 430 g/mol. The molecule has 2 aliphatic rings. The predicted molar refractivity (Wildman–Crippen MR) is 122 cm³/mol. The largest absolute Gasteiger partial charge is 0.340 e. The highest BCUT2D eigenvalue weighted by Gasteiger charge is 2.33. The summed E-state index contributed by atoms with van der Waals surface area (Å²) in [5, 5.41) is 0.548. The van der Waals surface area contributed by atoms with Gasteiger partial charge >= 0.3 is 0 Å². The molecule has 0 bridgehead atoms. The molecule has 32 heavy (non-hydrogen) atoms. The van der Waals surface area contributed by atoms with Crippen LogP contribution in [0.3, 0.4) is 0 Å². The third-order valence-corrected chi connectivity index (χ3v) is 8.47. The number of hydrogen-bond acceptors (Lipinski definition) is 5. The van der Waals surface area contributed by atoms with Gasteiger partial charge in [-0.2, -0.15) is 17.0 Å². The van der Waals surface area contributed by atoms with Crippen LogP contribution in [-0.4, -0.2) is 76.7 Å². The number of aryl methyl sites for hydroxylation is 2. The fourth-order valence-corrected chi connectivity index (χ4v) is 6.15. The molecule has 2 aromatic rings. The summed E-state index contributed by atoms with van der Waals surface area (Å²) in [4.78, 5) is 31.5. The van der Waals surface area contributed by atoms with Gasteiger partial charge in [0.15, 0.2) is 0 Å². The fourth-order valence-electron chi connectivity index (χ4n) is 4.47. The zero-order valence-electron chi connectivity index (χ0n) is 18.6. The number of fused-ring (bicyclic) bond motifs is 1. The second-order valence-corrected chi connectivity index (χ2v) is 10.5. The number of carbonyl (C=O) groups is 1. The Morgan fingerprint density at radius 3 is 2.31 bits per heavy atom. The summed E-state index contributed by atoms with van der Waals surface area (Å²) in [6.07, 6.45) is 5.63. The molecule has 174 valence electrons. The van der Waals surface area contributed by atoms with Crippen molar-refractivity contribution in [2.45, 2.75) is 45.6 Å². The Morgan fingerprint density at radius 1 is 0.969 bits per heavy atom. The molecule has 0 atom stereocenters. The first-order chi connectivity index (χ1) is 15.4. The molecule has 1 aromatic heterocycles. The van der Waals surface area contributed by atoms with Gasteiger partial charge in [0.05, 0.1) is 17.2 Å². The van der Waals surface area contributed by atoms with E-state index in [1.54, 1.807) is 15.3 Å². The van der Waals surface area contributed by atoms with Crippen molar-refractivity contribution >= 4 is 27.0 Å². The third kappa shape index (κ3) is 4.72. The number of para-hydroxylation sites is 1. The molecule has 0 radical (unpaired) electrons. The van der Waals surface area contributed by atoms with Crippen molar-refractivity contribution in [3.05, 3.63) is 40.4 Å². The molecule has 0 N–H and O–H groups in total. The molecule has 3 heterocycles. The van der Waals surface area contributed by atoms with E-state index in [0.29, 0.717) is 50.2 Å². The smallest absolute Gasteiger partial charge is 0.282 e. The van der Waals surface area contributed by atoms with Crippen LogP contribution in [0.4, 0.5) is 0 Å². The molecule has 4 rings (SSSR count). The van der Waals surface area contributed by atoms with Gasteiger partial charge in [-0.15, -0.1) is 0 Å². The second kappa shape index (κ2) is 9.68. The van der Waals surface area contributed by atoms with Gasteiger partial charge < -0.3 is 4.90 Å². The maximum Gasteiger partial charge on any atom is 0.282 e. The van der Waals surface area contributed by atoms with E-state index in [2.05, 4.69) is 4.98 Å². The molecular formula is C22H31N5O4S. The second-order valence-electron chi connectivity index (χ2n) is 8.57. The molecule has 1 amide bonds. The maximum atomic E-state index is 13.0. The van der Waals surface area contributed by atoms with Crippen molar-refractivity contribution in [2.24, 2.45) is 0 Å². The van der Waals surface area contributed by atoms with Gasteiger partial charge in [0.2, 0.25) is 5.91 Å². The van der Waals surface area contributed by atoms with Crippen LogP contribution in [0.15, 0.2) is 29.3 Å². The maximum absolute atomic E-state index is 13.0. The van der Waals surface area contributed by atoms with Crippen LogP contribution in [-0.2, 0) is 21.5 Å². The Morgan fingerprint density at radius 2 is 1.62 bits per heavy atom. The number of nitrogens with zero attached hydrogens (tertiary/aromatic N) is 5. The monoisotopic (exact) mass is 461 g/mol. The van der Waals surface area contributed by atoms with E-state index in [-0.39, 0.29) is 24.4 Å². The van der Waals surface area contributed by atoms with Crippen LogP contribution >= 0.6 is 0 Å². The Labute approximate surface area is 188 Å². The number of carbonyl (C=O) groups excluding carboxylic acids is 1. The van der Waals surface area contributed by atoms with Gasteiger partial charge in [-0.1, -0.05) is 25.0 Å². The van der Waals surface area contributed by atoms with Gasteiger partial charge in [0.1, 0.15) is 0 Å². The van der Waals surface area contributed by atoms with Gasteiger partial charge in [0, 0.05) is 52.2 Å². The first-order valence-corrected chi connectivity index (χ1v) is 12.8. The summed E-state index contributed by atoms with van der Waals surface area (Å²) in [6, 6.07) is 5.49. The van der Waals surface area contributed by atoms with Crippen molar-refractivity contribution in [3.63, 3.8) is 0 Å². The summed E-state index contributed by atoms with van der Waals surface area (Å²) < 4.78 is 30.5. The topological polar surface area (TPSA) is 95.8 Å². The minimum Gasteiger partial charge on any atom is -0.340 e. The molecule has 0 saturated carbocycles. The highest BCUT2D eigenvalue weighted by atomic mass is 32.2. The Kier molecular flexibility index (Phi) is 6.92. The lowest BCUT2D eigenvalue weighted by molar-refractivity contribution is -0.132. The van der Waals surface area contributed by atoms with Crippen molar-refractivity contribution in [2.75, 3.05) is 39.3 Å². The normalized spacial score (nSPS) is 19.2. The third-order valence-electron chi connectivity index (χ3n) is 6.43. The van der Waals surface area contributed by atoms with Gasteiger partial charge in [-0.05, 0) is 31.4 Å². The zero-order chi connectivity index (χ0) is 22.7. The van der Waals surface area contributed by atoms with E-state index in [9.17, 15) is 18.0 Å². The average Bonchev–Trinajstić information content (AvgIpc) is 3.09. The first-order valence-electron chi connectivity index (χ1n) is 11.4. The fraction of sp³-hybridized carbons (Fsp3) is 0.591. The molecule has 2 aliphatic heterocycles. The van der Waals surface area contributed by atoms with E-state index in [1.165, 1.54) is 15.2 Å². The van der Waals surface area contributed by atoms with Crippen molar-refractivity contribution < 1.29 is 13.2 Å². The molecule has 2 fully saturated rings. The quantitative estimate of drug-likeness (QED) is 0.670. The van der Waals surface area contributed by atoms with Crippen LogP contribution in [0, 0.1) is 6.92 Å². The highest BCUT2D eigenvalue weighted by Crippen LogP contribution is 2.18. The lowest BCUT2D eigenvalue weighted by atomic mass is 10.1. The van der Waals surface area contributed by atoms with E-state index < -0.39 is 10.2 Å². The summed E-state index contributed by atoms with van der Waals surface area (Å²) in [6.45, 7) is 4.68. The van der Waals surface area contributed by atoms with Crippen LogP contribution in [0.5, 0.6) is 0 Å². The van der Waals surface area contributed by atoms with E-state index >= 15 is 0 Å². The number of rotatable bonds is 5. The Balaban J connectivity index is 1.34. The molecule has 0 unspecified atom stereocenters. The molecule has 2 saturated heterocycles. The summed E-state index contributed by atoms with van der Waals surface area (Å²) in [5.41, 5.74) is 1.47. The summed E-state index contributed by atoms with van der Waals surface area (Å²) >= 11 is 0. The van der Waals surface area contributed by atoms with Crippen LogP contribution in [0.1, 0.15) is 37.7 Å². The number of benzene rings is 1. The zero-order valence-corrected chi connectivity index (χ0v) is 19.4. The van der Waals surface area contributed by atoms with Crippen LogP contribution in [0.25, 0.3) is 10.9 Å². The summed E-state index contributed by atoms with van der Waals surface area (Å²) in [7, 11) is -3.47. The Hall–Kier alpha value is -2.30. The van der Waals surface area contributed by atoms with Crippen LogP contribution < -0.4 is 5.56 Å². The van der Waals surface area contributed by atoms with Crippen molar-refractivity contribution in [3.8, 4) is 0 Å². The van der Waals surface area contributed by atoms with Gasteiger partial charge in [-0.25, -0.2) is 4.98 Å². The number of amides is 1. The van der Waals surface area contributed by atoms with E-state index in [4.69, 9.17) is 0 Å². The lowest BCUT2D eigenvalue weighted by Crippen LogP contribution is -2.54. The molecule has 1 aromatic carbocycles. The molecule has 9 nitrogen and oxygen atoms in total. The average molecular weight is 462 g/mol. The molecule has 0 aliphatic carbocycles. The minimum absolute atomic E-state index is 0.0759. The Bertz CT molecular complexity index is 1130. The molecule has 10 heteroatoms. The van der Waals surface area contributed by atoms with Crippen molar-refractivity contribution in [1.29, 1.82) is 0 Å². The van der Waals surface area contributed by atoms with E-state index in [0.717, 1.165) is 31.2 Å². The van der Waals surface area contributed by atoms with Crippen molar-refractivity contribution in [1.82, 2.24) is 23.1 Å². The molecule has 0 spiro atoms.